The van der Waals surface area contributed by atoms with Crippen LogP contribution in [0.2, 0.25) is 0 Å². The summed E-state index contributed by atoms with van der Waals surface area (Å²) in [6.45, 7) is 8.35. The van der Waals surface area contributed by atoms with Crippen LogP contribution in [0.5, 0.6) is 0 Å². The van der Waals surface area contributed by atoms with Crippen molar-refractivity contribution in [2.24, 2.45) is 0 Å². The molecule has 3 radical (unpaired) electrons. The van der Waals surface area contributed by atoms with Gasteiger partial charge < -0.3 is 0 Å². The van der Waals surface area contributed by atoms with Crippen molar-refractivity contribution in [2.45, 2.75) is 4.66 Å². The second-order valence-electron chi connectivity index (χ2n) is 7.69. The number of allylic oxidation sites excluding steroid dienone is 1. The molecule has 4 aromatic carbocycles. The van der Waals surface area contributed by atoms with Gasteiger partial charge in [-0.2, -0.15) is 0 Å². The molecule has 0 aliphatic heterocycles. The maximum Gasteiger partial charge on any atom is 0.158 e. The predicted octanol–water partition coefficient (Wildman–Crippen LogP) is 4.59. The van der Waals surface area contributed by atoms with Crippen LogP contribution in [0, 0.1) is 0 Å². The van der Waals surface area contributed by atoms with Gasteiger partial charge in [0, 0.05) is 14.9 Å². The molecule has 0 nitrogen and oxygen atoms in total. The van der Waals surface area contributed by atoms with Crippen molar-refractivity contribution in [1.82, 2.24) is 0 Å². The Balaban J connectivity index is 2.18. The zero-order valence-electron chi connectivity index (χ0n) is 17.5. The third-order valence-corrected chi connectivity index (χ3v) is 13.0. The van der Waals surface area contributed by atoms with E-state index < -0.39 is 12.7 Å². The van der Waals surface area contributed by atoms with Crippen LogP contribution >= 0.6 is 0 Å². The number of hydrogen-bond acceptors (Lipinski definition) is 0. The summed E-state index contributed by atoms with van der Waals surface area (Å²) in [5.74, 6) is 0. The average molecular weight is 430 g/mol. The smallest absolute Gasteiger partial charge is 0.103 e. The Labute approximate surface area is 190 Å². The van der Waals surface area contributed by atoms with Gasteiger partial charge in [-0.3, -0.25) is 0 Å². The van der Waals surface area contributed by atoms with E-state index in [1.165, 1.54) is 21.1 Å². The van der Waals surface area contributed by atoms with Gasteiger partial charge in [-0.15, -0.1) is 6.58 Å². The molecular formula is C29H25Si2. The summed E-state index contributed by atoms with van der Waals surface area (Å²) in [5, 5.41) is 3.98. The molecule has 0 saturated carbocycles. The molecule has 4 rings (SSSR count). The third kappa shape index (κ3) is 3.48. The topological polar surface area (TPSA) is 0 Å². The van der Waals surface area contributed by atoms with E-state index in [1.807, 2.05) is 6.08 Å². The molecular weight excluding hydrogens is 404 g/mol. The average Bonchev–Trinajstić information content (AvgIpc) is 2.86. The number of hydrogen-bond donors (Lipinski definition) is 0. The molecule has 149 valence electrons. The van der Waals surface area contributed by atoms with E-state index >= 15 is 0 Å². The highest BCUT2D eigenvalue weighted by atomic mass is 28.4. The van der Waals surface area contributed by atoms with E-state index in [9.17, 15) is 0 Å². The first kappa shape index (κ1) is 21.0. The molecule has 0 fully saturated rings. The highest BCUT2D eigenvalue weighted by molar-refractivity contribution is 7.16. The summed E-state index contributed by atoms with van der Waals surface area (Å²) in [6.07, 6.45) is 3.99. The molecule has 2 heteroatoms. The van der Waals surface area contributed by atoms with Crippen LogP contribution in [-0.2, 0) is 4.66 Å². The van der Waals surface area contributed by atoms with Gasteiger partial charge in [-0.05, 0) is 26.7 Å². The lowest BCUT2D eigenvalue weighted by Crippen LogP contribution is -2.78. The molecule has 0 amide bonds. The van der Waals surface area contributed by atoms with Crippen LogP contribution in [0.1, 0.15) is 11.1 Å². The van der Waals surface area contributed by atoms with Crippen LogP contribution in [0.3, 0.4) is 0 Å². The first-order valence-corrected chi connectivity index (χ1v) is 12.9. The lowest BCUT2D eigenvalue weighted by molar-refractivity contribution is 1.05. The van der Waals surface area contributed by atoms with Crippen molar-refractivity contribution in [3.8, 4) is 0 Å². The Kier molecular flexibility index (Phi) is 6.03. The van der Waals surface area contributed by atoms with Gasteiger partial charge >= 0.3 is 0 Å². The van der Waals surface area contributed by atoms with E-state index in [2.05, 4.69) is 145 Å². The maximum atomic E-state index is 4.37. The lowest BCUT2D eigenvalue weighted by atomic mass is 10.1. The summed E-state index contributed by atoms with van der Waals surface area (Å²) in [4.78, 5) is 0. The van der Waals surface area contributed by atoms with E-state index in [0.717, 1.165) is 5.56 Å². The molecule has 31 heavy (non-hydrogen) atoms. The monoisotopic (exact) mass is 429 g/mol. The molecule has 1 atom stereocenters. The Bertz CT molecular complexity index is 1070. The zero-order valence-corrected chi connectivity index (χ0v) is 19.5. The summed E-state index contributed by atoms with van der Waals surface area (Å²) in [7, 11) is 1.68. The summed E-state index contributed by atoms with van der Waals surface area (Å²) >= 11 is 0. The summed E-state index contributed by atoms with van der Waals surface area (Å²) in [6, 6.07) is 41.3. The number of rotatable bonds is 7. The molecule has 0 aliphatic rings. The molecule has 1 unspecified atom stereocenters. The molecule has 0 bridgehead atoms. The standard InChI is InChI=1S/C29H25Si2/c1-3-24-15-14-16-25(23-24)29(30,4-2)31(26-17-8-5-9-18-26,27-19-10-6-11-20-27)28-21-12-7-13-22-28/h3-23H,1-2H2. The molecule has 0 saturated heterocycles. The predicted molar refractivity (Wildman–Crippen MR) is 138 cm³/mol. The first-order chi connectivity index (χ1) is 15.2. The van der Waals surface area contributed by atoms with Gasteiger partial charge in [-0.1, -0.05) is 134 Å². The Morgan fingerprint density at radius 1 is 0.613 bits per heavy atom. The molecule has 0 aliphatic carbocycles. The molecule has 4 aromatic rings. The SMILES string of the molecule is C=Cc1cccc(C([Si])(C=C)[Si](c2ccccc2)(c2ccccc2)c2ccccc2)c1. The largest absolute Gasteiger partial charge is 0.158 e. The van der Waals surface area contributed by atoms with Gasteiger partial charge in [0.05, 0.1) is 0 Å². The quantitative estimate of drug-likeness (QED) is 0.229. The van der Waals surface area contributed by atoms with Gasteiger partial charge in [-0.25, -0.2) is 0 Å². The van der Waals surface area contributed by atoms with Crippen LogP contribution in [0.15, 0.2) is 134 Å². The highest BCUT2D eigenvalue weighted by Gasteiger charge is 2.53. The molecule has 0 aromatic heterocycles. The van der Waals surface area contributed by atoms with Crippen molar-refractivity contribution >= 4 is 40.0 Å². The Hall–Kier alpha value is -3.21. The molecule has 0 heterocycles. The van der Waals surface area contributed by atoms with Crippen LogP contribution < -0.4 is 15.6 Å². The van der Waals surface area contributed by atoms with Crippen molar-refractivity contribution < 1.29 is 0 Å². The fourth-order valence-electron chi connectivity index (χ4n) is 4.65. The van der Waals surface area contributed by atoms with Gasteiger partial charge in [0.1, 0.15) is 0 Å². The molecule has 0 N–H and O–H groups in total. The van der Waals surface area contributed by atoms with Crippen molar-refractivity contribution in [1.29, 1.82) is 0 Å². The van der Waals surface area contributed by atoms with Crippen LogP contribution in [-0.4, -0.2) is 18.3 Å². The van der Waals surface area contributed by atoms with Gasteiger partial charge in [0.2, 0.25) is 0 Å². The highest BCUT2D eigenvalue weighted by Crippen LogP contribution is 2.33. The van der Waals surface area contributed by atoms with Gasteiger partial charge in [0.15, 0.2) is 8.07 Å². The molecule has 0 spiro atoms. The van der Waals surface area contributed by atoms with E-state index in [4.69, 9.17) is 0 Å². The minimum Gasteiger partial charge on any atom is -0.103 e. The van der Waals surface area contributed by atoms with Crippen LogP contribution in [0.4, 0.5) is 0 Å². The zero-order chi connectivity index (χ0) is 21.7. The summed E-state index contributed by atoms with van der Waals surface area (Å²) in [5.41, 5.74) is 2.28. The van der Waals surface area contributed by atoms with Crippen LogP contribution in [0.25, 0.3) is 6.08 Å². The second kappa shape index (κ2) is 8.88. The third-order valence-electron chi connectivity index (χ3n) is 6.10. The Morgan fingerprint density at radius 3 is 1.45 bits per heavy atom. The van der Waals surface area contributed by atoms with Crippen molar-refractivity contribution in [3.05, 3.63) is 146 Å². The Morgan fingerprint density at radius 2 is 1.06 bits per heavy atom. The van der Waals surface area contributed by atoms with Crippen molar-refractivity contribution in [2.75, 3.05) is 0 Å². The minimum atomic E-state index is -2.69. The van der Waals surface area contributed by atoms with E-state index in [1.54, 1.807) is 0 Å². The second-order valence-corrected chi connectivity index (χ2v) is 13.0. The minimum absolute atomic E-state index is 0.490. The van der Waals surface area contributed by atoms with E-state index in [-0.39, 0.29) is 0 Å². The van der Waals surface area contributed by atoms with Gasteiger partial charge in [0.25, 0.3) is 0 Å². The maximum absolute atomic E-state index is 4.37. The fourth-order valence-corrected chi connectivity index (χ4v) is 11.4. The fraction of sp³-hybridized carbons (Fsp3) is 0.0345. The lowest BCUT2D eigenvalue weighted by Gasteiger charge is -2.47. The van der Waals surface area contributed by atoms with Crippen molar-refractivity contribution in [3.63, 3.8) is 0 Å². The first-order valence-electron chi connectivity index (χ1n) is 10.4. The van der Waals surface area contributed by atoms with E-state index in [0.29, 0.717) is 0 Å². The summed E-state index contributed by atoms with van der Waals surface area (Å²) < 4.78 is -0.490. The normalized spacial score (nSPS) is 13.2. The number of benzene rings is 4.